The number of aliphatic hydroxyl groups is 1. The van der Waals surface area contributed by atoms with Gasteiger partial charge in [-0.2, -0.15) is 11.8 Å². The van der Waals surface area contributed by atoms with E-state index in [0.29, 0.717) is 5.75 Å². The van der Waals surface area contributed by atoms with Gasteiger partial charge in [0.05, 0.1) is 12.4 Å². The average Bonchev–Trinajstić information content (AvgIpc) is 3.10. The molecule has 2 heterocycles. The number of fused-ring (bicyclic) bond motifs is 5. The molecule has 3 N–H and O–H groups in total. The molecule has 0 radical (unpaired) electrons. The van der Waals surface area contributed by atoms with Crippen molar-refractivity contribution in [2.24, 2.45) is 0 Å². The Hall–Kier alpha value is -1.76. The quantitative estimate of drug-likeness (QED) is 0.599. The maximum absolute atomic E-state index is 12.2. The Morgan fingerprint density at radius 3 is 2.48 bits per heavy atom. The molecule has 0 atom stereocenters. The highest BCUT2D eigenvalue weighted by Gasteiger charge is 2.28. The van der Waals surface area contributed by atoms with Crippen molar-refractivity contribution in [3.8, 4) is 17.0 Å². The molecule has 0 amide bonds. The van der Waals surface area contributed by atoms with E-state index in [9.17, 15) is 9.90 Å². The van der Waals surface area contributed by atoms with Crippen LogP contribution in [0, 0.1) is 0 Å². The molecule has 2 aromatic rings. The number of benzene rings is 1. The van der Waals surface area contributed by atoms with Crippen LogP contribution in [0.3, 0.4) is 0 Å². The highest BCUT2D eigenvalue weighted by Crippen LogP contribution is 2.41. The number of H-pyrrole nitrogens is 1. The van der Waals surface area contributed by atoms with Gasteiger partial charge in [-0.3, -0.25) is 9.69 Å². The van der Waals surface area contributed by atoms with Gasteiger partial charge >= 0.3 is 0 Å². The summed E-state index contributed by atoms with van der Waals surface area (Å²) in [7, 11) is 0. The molecule has 6 heteroatoms. The first-order valence-electron chi connectivity index (χ1n) is 9.68. The van der Waals surface area contributed by atoms with Crippen molar-refractivity contribution in [1.29, 1.82) is 0 Å². The van der Waals surface area contributed by atoms with E-state index in [4.69, 9.17) is 5.11 Å². The Bertz CT molecular complexity index is 888. The number of pyridine rings is 1. The van der Waals surface area contributed by atoms with Crippen molar-refractivity contribution in [3.63, 3.8) is 0 Å². The maximum atomic E-state index is 12.2. The molecule has 0 saturated carbocycles. The number of phenolic OH excluding ortho intramolecular Hbond substituents is 1. The lowest BCUT2D eigenvalue weighted by Gasteiger charge is -2.22. The van der Waals surface area contributed by atoms with Crippen molar-refractivity contribution in [1.82, 2.24) is 9.88 Å². The molecule has 2 aliphatic carbocycles. The number of phenols is 1. The highest BCUT2D eigenvalue weighted by atomic mass is 32.2. The maximum Gasteiger partial charge on any atom is 0.251 e. The summed E-state index contributed by atoms with van der Waals surface area (Å²) in [5, 5.41) is 18.6. The van der Waals surface area contributed by atoms with Crippen molar-refractivity contribution in [2.75, 3.05) is 31.3 Å². The lowest BCUT2D eigenvalue weighted by atomic mass is 9.88. The third-order valence-electron chi connectivity index (χ3n) is 5.72. The van der Waals surface area contributed by atoms with Gasteiger partial charge in [0.15, 0.2) is 0 Å². The van der Waals surface area contributed by atoms with Crippen molar-refractivity contribution in [3.05, 3.63) is 50.8 Å². The highest BCUT2D eigenvalue weighted by molar-refractivity contribution is 7.99. The average molecular weight is 387 g/mol. The third kappa shape index (κ3) is 3.66. The Labute approximate surface area is 163 Å². The fourth-order valence-electron chi connectivity index (χ4n) is 4.24. The number of aromatic nitrogens is 1. The summed E-state index contributed by atoms with van der Waals surface area (Å²) in [6.45, 7) is 2.35. The Balaban J connectivity index is 0.000000190. The van der Waals surface area contributed by atoms with E-state index in [1.54, 1.807) is 6.07 Å². The molecule has 144 valence electrons. The van der Waals surface area contributed by atoms with Gasteiger partial charge in [-0.1, -0.05) is 12.1 Å². The summed E-state index contributed by atoms with van der Waals surface area (Å²) >= 11 is 1.96. The molecule has 1 fully saturated rings. The molecule has 27 heavy (non-hydrogen) atoms. The summed E-state index contributed by atoms with van der Waals surface area (Å²) in [4.78, 5) is 17.3. The number of rotatable bonds is 1. The number of thioether (sulfide) groups is 1. The largest absolute Gasteiger partial charge is 0.508 e. The second-order valence-corrected chi connectivity index (χ2v) is 8.55. The summed E-state index contributed by atoms with van der Waals surface area (Å²) < 4.78 is 0. The monoisotopic (exact) mass is 386 g/mol. The molecule has 0 unspecified atom stereocenters. The fourth-order valence-corrected chi connectivity index (χ4v) is 5.22. The van der Waals surface area contributed by atoms with Crippen LogP contribution in [0.5, 0.6) is 5.75 Å². The summed E-state index contributed by atoms with van der Waals surface area (Å²) in [5.74, 6) is 2.69. The molecule has 5 nitrogen and oxygen atoms in total. The van der Waals surface area contributed by atoms with E-state index in [0.717, 1.165) is 67.6 Å². The number of aromatic amines is 1. The van der Waals surface area contributed by atoms with Gasteiger partial charge in [0.2, 0.25) is 0 Å². The standard InChI is InChI=1S/C16H15NO2.C5H11NOS/c18-14-7-3-6-10-12(14)8-13-9-4-1-2-5-11(9)16(19)17-15(10)13;7-5-6-1-3-8-4-2-6/h3,6-7,18H,1-2,4-5,8H2,(H,17,19);7H,1-5H2. The van der Waals surface area contributed by atoms with Gasteiger partial charge in [-0.15, -0.1) is 0 Å². The lowest BCUT2D eigenvalue weighted by molar-refractivity contribution is 0.118. The zero-order valence-electron chi connectivity index (χ0n) is 15.5. The minimum atomic E-state index is 0.0599. The van der Waals surface area contributed by atoms with Crippen molar-refractivity contribution in [2.45, 2.75) is 32.1 Å². The Morgan fingerprint density at radius 2 is 1.78 bits per heavy atom. The molecule has 1 saturated heterocycles. The van der Waals surface area contributed by atoms with Gasteiger partial charge in [0, 0.05) is 47.7 Å². The minimum Gasteiger partial charge on any atom is -0.508 e. The van der Waals surface area contributed by atoms with E-state index in [1.165, 1.54) is 22.6 Å². The molecule has 1 aliphatic heterocycles. The fraction of sp³-hybridized carbons (Fsp3) is 0.476. The van der Waals surface area contributed by atoms with Gasteiger partial charge in [-0.25, -0.2) is 0 Å². The van der Waals surface area contributed by atoms with Crippen LogP contribution in [0.2, 0.25) is 0 Å². The van der Waals surface area contributed by atoms with Crippen LogP contribution >= 0.6 is 11.8 Å². The van der Waals surface area contributed by atoms with Crippen LogP contribution in [0.1, 0.15) is 35.1 Å². The molecule has 0 spiro atoms. The SMILES string of the molecule is O=c1[nH]c2c(c3c1CCCC3)Cc1c(O)cccc1-2.OCN1CCSCC1. The number of hydrogen-bond acceptors (Lipinski definition) is 5. The zero-order chi connectivity index (χ0) is 18.8. The zero-order valence-corrected chi connectivity index (χ0v) is 16.3. The van der Waals surface area contributed by atoms with Gasteiger partial charge in [-0.05, 0) is 42.9 Å². The predicted molar refractivity (Wildman–Crippen MR) is 110 cm³/mol. The summed E-state index contributed by atoms with van der Waals surface area (Å²) in [6.07, 6.45) is 4.89. The lowest BCUT2D eigenvalue weighted by Crippen LogP contribution is -2.33. The second-order valence-electron chi connectivity index (χ2n) is 7.32. The first-order chi connectivity index (χ1) is 13.2. The first-order valence-corrected chi connectivity index (χ1v) is 10.8. The second kappa shape index (κ2) is 8.09. The van der Waals surface area contributed by atoms with Crippen LogP contribution in [0.15, 0.2) is 23.0 Å². The Morgan fingerprint density at radius 1 is 1.04 bits per heavy atom. The van der Waals surface area contributed by atoms with E-state index < -0.39 is 0 Å². The van der Waals surface area contributed by atoms with Gasteiger partial charge < -0.3 is 15.2 Å². The van der Waals surface area contributed by atoms with Gasteiger partial charge in [0.25, 0.3) is 5.56 Å². The number of aromatic hydroxyl groups is 1. The molecule has 5 rings (SSSR count). The summed E-state index contributed by atoms with van der Waals surface area (Å²) in [6, 6.07) is 5.53. The van der Waals surface area contributed by atoms with Crippen LogP contribution in [0.25, 0.3) is 11.3 Å². The normalized spacial score (nSPS) is 18.1. The first kappa shape index (κ1) is 18.6. The van der Waals surface area contributed by atoms with E-state index in [1.807, 2.05) is 23.9 Å². The number of nitrogens with zero attached hydrogens (tertiary/aromatic N) is 1. The van der Waals surface area contributed by atoms with Crippen LogP contribution in [-0.2, 0) is 19.3 Å². The number of aliphatic hydroxyl groups excluding tert-OH is 1. The number of hydrogen-bond donors (Lipinski definition) is 3. The number of nitrogens with one attached hydrogen (secondary N) is 1. The smallest absolute Gasteiger partial charge is 0.251 e. The third-order valence-corrected chi connectivity index (χ3v) is 6.67. The molecule has 1 aromatic carbocycles. The van der Waals surface area contributed by atoms with Crippen LogP contribution in [0.4, 0.5) is 0 Å². The van der Waals surface area contributed by atoms with E-state index in [-0.39, 0.29) is 12.3 Å². The van der Waals surface area contributed by atoms with E-state index >= 15 is 0 Å². The molecule has 3 aliphatic rings. The minimum absolute atomic E-state index is 0.0599. The van der Waals surface area contributed by atoms with Crippen LogP contribution < -0.4 is 5.56 Å². The molecular weight excluding hydrogens is 360 g/mol. The Kier molecular flexibility index (Phi) is 5.57. The molecule has 1 aromatic heterocycles. The van der Waals surface area contributed by atoms with Crippen LogP contribution in [-0.4, -0.2) is 51.4 Å². The van der Waals surface area contributed by atoms with Crippen molar-refractivity contribution >= 4 is 11.8 Å². The molecular formula is C21H26N2O3S. The topological polar surface area (TPSA) is 76.6 Å². The van der Waals surface area contributed by atoms with Crippen molar-refractivity contribution < 1.29 is 10.2 Å². The summed E-state index contributed by atoms with van der Waals surface area (Å²) in [5.41, 5.74) is 6.36. The molecule has 0 bridgehead atoms. The van der Waals surface area contributed by atoms with E-state index in [2.05, 4.69) is 9.88 Å². The van der Waals surface area contributed by atoms with Gasteiger partial charge in [0.1, 0.15) is 5.75 Å². The predicted octanol–water partition coefficient (Wildman–Crippen LogP) is 2.52.